The van der Waals surface area contributed by atoms with Crippen molar-refractivity contribution in [1.29, 1.82) is 0 Å². The largest absolute Gasteiger partial charge is 0.394 e. The van der Waals surface area contributed by atoms with Crippen LogP contribution in [0.3, 0.4) is 0 Å². The van der Waals surface area contributed by atoms with E-state index in [9.17, 15) is 0 Å². The van der Waals surface area contributed by atoms with Crippen LogP contribution in [0.5, 0.6) is 0 Å². The van der Waals surface area contributed by atoms with Gasteiger partial charge in [-0.05, 0) is 35.9 Å². The van der Waals surface area contributed by atoms with Crippen molar-refractivity contribution in [2.24, 2.45) is 0 Å². The molecule has 0 aliphatic carbocycles. The van der Waals surface area contributed by atoms with Gasteiger partial charge in [-0.3, -0.25) is 4.68 Å². The third kappa shape index (κ3) is 4.00. The second kappa shape index (κ2) is 7.44. The standard InChI is InChI=1S/C18H21N3OS/c1-14-7-10-23-18(14)17(11-15-5-3-2-4-6-15)20-16-12-19-21(13-16)8-9-22/h2-7,10,12-13,17,20,22H,8-9,11H2,1H3. The SMILES string of the molecule is Cc1ccsc1C(Cc1ccccc1)Nc1cnn(CCO)c1. The maximum absolute atomic E-state index is 9.01. The number of nitrogens with one attached hydrogen (secondary N) is 1. The topological polar surface area (TPSA) is 50.1 Å². The van der Waals surface area contributed by atoms with Crippen molar-refractivity contribution in [2.45, 2.75) is 25.9 Å². The molecule has 1 aromatic carbocycles. The molecule has 120 valence electrons. The van der Waals surface area contributed by atoms with Gasteiger partial charge in [-0.25, -0.2) is 0 Å². The summed E-state index contributed by atoms with van der Waals surface area (Å²) < 4.78 is 1.75. The van der Waals surface area contributed by atoms with Crippen molar-refractivity contribution in [2.75, 3.05) is 11.9 Å². The molecule has 0 saturated carbocycles. The number of nitrogens with zero attached hydrogens (tertiary/aromatic N) is 2. The molecular weight excluding hydrogens is 306 g/mol. The lowest BCUT2D eigenvalue weighted by Gasteiger charge is -2.19. The van der Waals surface area contributed by atoms with Crippen molar-refractivity contribution < 1.29 is 5.11 Å². The van der Waals surface area contributed by atoms with Gasteiger partial charge in [0.25, 0.3) is 0 Å². The minimum absolute atomic E-state index is 0.0958. The Balaban J connectivity index is 1.81. The number of aromatic nitrogens is 2. The van der Waals surface area contributed by atoms with Crippen molar-refractivity contribution in [1.82, 2.24) is 9.78 Å². The summed E-state index contributed by atoms with van der Waals surface area (Å²) in [6, 6.07) is 12.9. The Morgan fingerprint density at radius 3 is 2.78 bits per heavy atom. The average Bonchev–Trinajstić information content (AvgIpc) is 3.17. The van der Waals surface area contributed by atoms with Crippen molar-refractivity contribution in [3.8, 4) is 0 Å². The lowest BCUT2D eigenvalue weighted by Crippen LogP contribution is -2.13. The van der Waals surface area contributed by atoms with Gasteiger partial charge < -0.3 is 10.4 Å². The fourth-order valence-electron chi connectivity index (χ4n) is 2.66. The first-order chi connectivity index (χ1) is 11.3. The predicted octanol–water partition coefficient (Wildman–Crippen LogP) is 3.64. The molecule has 0 aliphatic heterocycles. The summed E-state index contributed by atoms with van der Waals surface area (Å²) in [4.78, 5) is 1.35. The Morgan fingerprint density at radius 2 is 2.09 bits per heavy atom. The molecular formula is C18H21N3OS. The normalized spacial score (nSPS) is 12.3. The van der Waals surface area contributed by atoms with Crippen LogP contribution in [0.25, 0.3) is 0 Å². The summed E-state index contributed by atoms with van der Waals surface area (Å²) in [6.45, 7) is 2.77. The lowest BCUT2D eigenvalue weighted by atomic mass is 10.0. The van der Waals surface area contributed by atoms with E-state index in [-0.39, 0.29) is 12.6 Å². The molecule has 4 nitrogen and oxygen atoms in total. The van der Waals surface area contributed by atoms with Crippen molar-refractivity contribution >= 4 is 17.0 Å². The summed E-state index contributed by atoms with van der Waals surface area (Å²) in [5.74, 6) is 0. The van der Waals surface area contributed by atoms with Gasteiger partial charge in [0.15, 0.2) is 0 Å². The molecule has 0 bridgehead atoms. The third-order valence-corrected chi connectivity index (χ3v) is 4.94. The number of aryl methyl sites for hydroxylation is 1. The predicted molar refractivity (Wildman–Crippen MR) is 94.9 cm³/mol. The fourth-order valence-corrected chi connectivity index (χ4v) is 3.64. The number of thiophene rings is 1. The second-order valence-electron chi connectivity index (χ2n) is 5.57. The number of rotatable bonds is 7. The molecule has 0 spiro atoms. The Hall–Kier alpha value is -2.11. The van der Waals surface area contributed by atoms with Crippen LogP contribution < -0.4 is 5.32 Å². The molecule has 23 heavy (non-hydrogen) atoms. The van der Waals surface area contributed by atoms with Gasteiger partial charge >= 0.3 is 0 Å². The summed E-state index contributed by atoms with van der Waals surface area (Å²) in [5, 5.41) is 19.0. The maximum atomic E-state index is 9.01. The summed E-state index contributed by atoms with van der Waals surface area (Å²) in [6.07, 6.45) is 4.68. The molecule has 1 atom stereocenters. The van der Waals surface area contributed by atoms with E-state index in [0.29, 0.717) is 6.54 Å². The fraction of sp³-hybridized carbons (Fsp3) is 0.278. The van der Waals surface area contributed by atoms with Crippen LogP contribution in [0.1, 0.15) is 22.0 Å². The maximum Gasteiger partial charge on any atom is 0.0731 e. The molecule has 3 rings (SSSR count). The molecule has 2 heterocycles. The molecule has 0 amide bonds. The van der Waals surface area contributed by atoms with Crippen LogP contribution in [0, 0.1) is 6.92 Å². The molecule has 0 radical (unpaired) electrons. The van der Waals surface area contributed by atoms with E-state index >= 15 is 0 Å². The molecule has 0 saturated heterocycles. The highest BCUT2D eigenvalue weighted by molar-refractivity contribution is 7.10. The van der Waals surface area contributed by atoms with Crippen molar-refractivity contribution in [3.05, 3.63) is 70.2 Å². The van der Waals surface area contributed by atoms with E-state index in [1.807, 2.05) is 18.5 Å². The minimum atomic E-state index is 0.0958. The van der Waals surface area contributed by atoms with Crippen molar-refractivity contribution in [3.63, 3.8) is 0 Å². The monoisotopic (exact) mass is 327 g/mol. The molecule has 2 N–H and O–H groups in total. The van der Waals surface area contributed by atoms with Crippen LogP contribution in [0.2, 0.25) is 0 Å². The number of hydrogen-bond acceptors (Lipinski definition) is 4. The van der Waals surface area contributed by atoms with Crippen LogP contribution >= 0.6 is 11.3 Å². The van der Waals surface area contributed by atoms with Gasteiger partial charge in [0.05, 0.1) is 31.1 Å². The van der Waals surface area contributed by atoms with E-state index in [1.165, 1.54) is 16.0 Å². The molecule has 1 unspecified atom stereocenters. The molecule has 2 aromatic heterocycles. The summed E-state index contributed by atoms with van der Waals surface area (Å²) in [7, 11) is 0. The minimum Gasteiger partial charge on any atom is -0.394 e. The van der Waals surface area contributed by atoms with Gasteiger partial charge in [0, 0.05) is 11.1 Å². The van der Waals surface area contributed by atoms with Crippen LogP contribution in [0.4, 0.5) is 5.69 Å². The highest BCUT2D eigenvalue weighted by atomic mass is 32.1. The first-order valence-electron chi connectivity index (χ1n) is 7.74. The van der Waals surface area contributed by atoms with Gasteiger partial charge in [0.2, 0.25) is 0 Å². The van der Waals surface area contributed by atoms with Crippen LogP contribution in [-0.4, -0.2) is 21.5 Å². The quantitative estimate of drug-likeness (QED) is 0.696. The zero-order chi connectivity index (χ0) is 16.1. The van der Waals surface area contributed by atoms with Gasteiger partial charge in [-0.2, -0.15) is 5.10 Å². The highest BCUT2D eigenvalue weighted by Crippen LogP contribution is 2.30. The van der Waals surface area contributed by atoms with E-state index in [0.717, 1.165) is 12.1 Å². The lowest BCUT2D eigenvalue weighted by molar-refractivity contribution is 0.269. The first kappa shape index (κ1) is 15.8. The Labute approximate surface area is 140 Å². The van der Waals surface area contributed by atoms with E-state index in [1.54, 1.807) is 16.0 Å². The van der Waals surface area contributed by atoms with Gasteiger partial charge in [-0.1, -0.05) is 30.3 Å². The van der Waals surface area contributed by atoms with E-state index in [2.05, 4.69) is 53.1 Å². The number of anilines is 1. The summed E-state index contributed by atoms with van der Waals surface area (Å²) in [5.41, 5.74) is 3.60. The Kier molecular flexibility index (Phi) is 5.10. The molecule has 0 aliphatic rings. The summed E-state index contributed by atoms with van der Waals surface area (Å²) >= 11 is 1.78. The highest BCUT2D eigenvalue weighted by Gasteiger charge is 2.16. The number of aliphatic hydroxyl groups is 1. The molecule has 0 fully saturated rings. The van der Waals surface area contributed by atoms with Crippen LogP contribution in [0.15, 0.2) is 54.2 Å². The van der Waals surface area contributed by atoms with E-state index < -0.39 is 0 Å². The second-order valence-corrected chi connectivity index (χ2v) is 6.52. The van der Waals surface area contributed by atoms with Gasteiger partial charge in [-0.15, -0.1) is 11.3 Å². The third-order valence-electron chi connectivity index (χ3n) is 3.80. The molecule has 3 aromatic rings. The number of hydrogen-bond donors (Lipinski definition) is 2. The number of benzene rings is 1. The Bertz CT molecular complexity index is 736. The van der Waals surface area contributed by atoms with Crippen LogP contribution in [-0.2, 0) is 13.0 Å². The van der Waals surface area contributed by atoms with Gasteiger partial charge in [0.1, 0.15) is 0 Å². The smallest absolute Gasteiger partial charge is 0.0731 e. The Morgan fingerprint density at radius 1 is 1.26 bits per heavy atom. The number of aliphatic hydroxyl groups excluding tert-OH is 1. The average molecular weight is 327 g/mol. The zero-order valence-electron chi connectivity index (χ0n) is 13.1. The zero-order valence-corrected chi connectivity index (χ0v) is 14.0. The van der Waals surface area contributed by atoms with E-state index in [4.69, 9.17) is 5.11 Å². The first-order valence-corrected chi connectivity index (χ1v) is 8.62. The molecule has 5 heteroatoms.